The first-order chi connectivity index (χ1) is 12.6. The van der Waals surface area contributed by atoms with Gasteiger partial charge in [0, 0.05) is 26.6 Å². The lowest BCUT2D eigenvalue weighted by Gasteiger charge is -2.21. The Morgan fingerprint density at radius 2 is 1.89 bits per heavy atom. The van der Waals surface area contributed by atoms with Crippen molar-refractivity contribution in [3.8, 4) is 0 Å². The molecule has 146 valence electrons. The first-order valence-electron chi connectivity index (χ1n) is 8.49. The molecule has 0 amide bonds. The van der Waals surface area contributed by atoms with E-state index in [-0.39, 0.29) is 29.8 Å². The summed E-state index contributed by atoms with van der Waals surface area (Å²) in [5.74, 6) is -1.58. The number of hydrogen-bond acceptors (Lipinski definition) is 4. The number of aromatic nitrogens is 2. The number of nitrogens with one attached hydrogen (secondary N) is 1. The maximum absolute atomic E-state index is 14.0. The van der Waals surface area contributed by atoms with Crippen molar-refractivity contribution < 1.29 is 18.0 Å². The molecule has 0 unspecified atom stereocenters. The van der Waals surface area contributed by atoms with Crippen LogP contribution in [-0.2, 0) is 0 Å². The molecule has 0 saturated carbocycles. The second-order valence-electron chi connectivity index (χ2n) is 6.91. The zero-order valence-corrected chi connectivity index (χ0v) is 15.6. The topological polar surface area (TPSA) is 66.1 Å². The van der Waals surface area contributed by atoms with E-state index in [0.29, 0.717) is 5.56 Å². The van der Waals surface area contributed by atoms with Crippen LogP contribution < -0.4 is 10.5 Å². The van der Waals surface area contributed by atoms with Crippen molar-refractivity contribution in [2.24, 2.45) is 5.92 Å². The SMILES string of the molecule is CC(C)[C@@H](CC(=O)c1cc(=O)[nH]c(N(C)C)n1)c1ccc(C(F)F)c(F)c1. The van der Waals surface area contributed by atoms with Crippen LogP contribution in [0.1, 0.15) is 54.2 Å². The Kier molecular flexibility index (Phi) is 6.41. The summed E-state index contributed by atoms with van der Waals surface area (Å²) in [6.45, 7) is 3.71. The van der Waals surface area contributed by atoms with Gasteiger partial charge in [-0.1, -0.05) is 26.0 Å². The maximum Gasteiger partial charge on any atom is 0.266 e. The van der Waals surface area contributed by atoms with Crippen LogP contribution >= 0.6 is 0 Å². The molecule has 5 nitrogen and oxygen atoms in total. The highest BCUT2D eigenvalue weighted by atomic mass is 19.3. The van der Waals surface area contributed by atoms with Crippen LogP contribution in [0.3, 0.4) is 0 Å². The Hall–Kier alpha value is -2.64. The zero-order chi connectivity index (χ0) is 20.3. The Balaban J connectivity index is 2.33. The van der Waals surface area contributed by atoms with Gasteiger partial charge in [-0.3, -0.25) is 14.6 Å². The van der Waals surface area contributed by atoms with E-state index in [1.807, 2.05) is 13.8 Å². The number of H-pyrrole nitrogens is 1. The molecule has 1 aromatic carbocycles. The van der Waals surface area contributed by atoms with E-state index in [4.69, 9.17) is 0 Å². The molecule has 1 aromatic heterocycles. The lowest BCUT2D eigenvalue weighted by Crippen LogP contribution is -2.22. The van der Waals surface area contributed by atoms with E-state index < -0.39 is 29.3 Å². The Morgan fingerprint density at radius 3 is 2.41 bits per heavy atom. The maximum atomic E-state index is 14.0. The molecule has 0 aliphatic heterocycles. The number of halogens is 3. The average molecular weight is 381 g/mol. The minimum absolute atomic E-state index is 0.0118. The van der Waals surface area contributed by atoms with E-state index >= 15 is 0 Å². The molecular formula is C19H22F3N3O2. The third-order valence-corrected chi connectivity index (χ3v) is 4.34. The van der Waals surface area contributed by atoms with Crippen LogP contribution in [0.25, 0.3) is 0 Å². The fraction of sp³-hybridized carbons (Fsp3) is 0.421. The number of carbonyl (C=O) groups excluding carboxylic acids is 1. The second kappa shape index (κ2) is 8.37. The number of rotatable bonds is 7. The Bertz CT molecular complexity index is 879. The fourth-order valence-electron chi connectivity index (χ4n) is 2.79. The number of Topliss-reactive ketones (excluding diaryl/α,β-unsaturated/α-hetero) is 1. The first-order valence-corrected chi connectivity index (χ1v) is 8.49. The van der Waals surface area contributed by atoms with Gasteiger partial charge in [0.15, 0.2) is 5.78 Å². The van der Waals surface area contributed by atoms with Gasteiger partial charge < -0.3 is 4.90 Å². The van der Waals surface area contributed by atoms with Crippen LogP contribution in [0.4, 0.5) is 19.1 Å². The lowest BCUT2D eigenvalue weighted by atomic mass is 9.83. The molecule has 0 aliphatic rings. The highest BCUT2D eigenvalue weighted by Gasteiger charge is 2.24. The summed E-state index contributed by atoms with van der Waals surface area (Å²) in [6.07, 6.45) is -2.92. The van der Waals surface area contributed by atoms with Gasteiger partial charge in [0.05, 0.1) is 5.56 Å². The van der Waals surface area contributed by atoms with Crippen LogP contribution in [0, 0.1) is 11.7 Å². The number of benzene rings is 1. The molecule has 2 aromatic rings. The summed E-state index contributed by atoms with van der Waals surface area (Å²) in [7, 11) is 3.35. The number of hydrogen-bond donors (Lipinski definition) is 1. The summed E-state index contributed by atoms with van der Waals surface area (Å²) in [5, 5.41) is 0. The average Bonchev–Trinajstić information content (AvgIpc) is 2.58. The number of aromatic amines is 1. The molecule has 27 heavy (non-hydrogen) atoms. The number of ketones is 1. The summed E-state index contributed by atoms with van der Waals surface area (Å²) in [6, 6.07) is 4.63. The van der Waals surface area contributed by atoms with E-state index in [2.05, 4.69) is 9.97 Å². The monoisotopic (exact) mass is 381 g/mol. The molecule has 0 aliphatic carbocycles. The molecular weight excluding hydrogens is 359 g/mol. The van der Waals surface area contributed by atoms with Gasteiger partial charge in [-0.2, -0.15) is 0 Å². The van der Waals surface area contributed by atoms with Crippen molar-refractivity contribution >= 4 is 11.7 Å². The van der Waals surface area contributed by atoms with Crippen molar-refractivity contribution in [3.63, 3.8) is 0 Å². The van der Waals surface area contributed by atoms with Gasteiger partial charge in [0.1, 0.15) is 11.5 Å². The molecule has 1 heterocycles. The molecule has 0 saturated heterocycles. The van der Waals surface area contributed by atoms with Gasteiger partial charge in [-0.05, 0) is 23.5 Å². The standard InChI is InChI=1S/C19H22F3N3O2/c1-10(2)13(11-5-6-12(18(21)22)14(20)7-11)8-16(26)15-9-17(27)24-19(23-15)25(3)4/h5-7,9-10,13,18H,8H2,1-4H3,(H,23,24,27)/t13-/m1/s1. The molecule has 1 N–H and O–H groups in total. The highest BCUT2D eigenvalue weighted by Crippen LogP contribution is 2.32. The third-order valence-electron chi connectivity index (χ3n) is 4.34. The van der Waals surface area contributed by atoms with Crippen LogP contribution in [0.15, 0.2) is 29.1 Å². The van der Waals surface area contributed by atoms with Crippen molar-refractivity contribution in [1.82, 2.24) is 9.97 Å². The van der Waals surface area contributed by atoms with Crippen LogP contribution in [0.2, 0.25) is 0 Å². The third kappa shape index (κ3) is 4.96. The quantitative estimate of drug-likeness (QED) is 0.738. The van der Waals surface area contributed by atoms with Gasteiger partial charge in [0.25, 0.3) is 12.0 Å². The minimum Gasteiger partial charge on any atom is -0.348 e. The van der Waals surface area contributed by atoms with Gasteiger partial charge in [0.2, 0.25) is 5.95 Å². The molecule has 8 heteroatoms. The second-order valence-corrected chi connectivity index (χ2v) is 6.91. The number of carbonyl (C=O) groups is 1. The first kappa shape index (κ1) is 20.7. The summed E-state index contributed by atoms with van der Waals surface area (Å²) < 4.78 is 39.5. The highest BCUT2D eigenvalue weighted by molar-refractivity contribution is 5.95. The predicted octanol–water partition coefficient (Wildman–Crippen LogP) is 3.93. The smallest absolute Gasteiger partial charge is 0.266 e. The molecule has 0 radical (unpaired) electrons. The van der Waals surface area contributed by atoms with E-state index in [1.165, 1.54) is 6.07 Å². The number of nitrogens with zero attached hydrogens (tertiary/aromatic N) is 2. The van der Waals surface area contributed by atoms with E-state index in [1.54, 1.807) is 19.0 Å². The minimum atomic E-state index is -2.90. The lowest BCUT2D eigenvalue weighted by molar-refractivity contribution is 0.0961. The molecule has 0 bridgehead atoms. The zero-order valence-electron chi connectivity index (χ0n) is 15.6. The summed E-state index contributed by atoms with van der Waals surface area (Å²) in [4.78, 5) is 32.7. The number of anilines is 1. The molecule has 0 spiro atoms. The van der Waals surface area contributed by atoms with Crippen LogP contribution in [-0.4, -0.2) is 29.8 Å². The number of alkyl halides is 2. The molecule has 1 atom stereocenters. The van der Waals surface area contributed by atoms with Gasteiger partial charge in [-0.25, -0.2) is 18.2 Å². The summed E-state index contributed by atoms with van der Waals surface area (Å²) >= 11 is 0. The predicted molar refractivity (Wildman–Crippen MR) is 97.1 cm³/mol. The van der Waals surface area contributed by atoms with Crippen LogP contribution in [0.5, 0.6) is 0 Å². The van der Waals surface area contributed by atoms with Crippen molar-refractivity contribution in [2.75, 3.05) is 19.0 Å². The van der Waals surface area contributed by atoms with Crippen molar-refractivity contribution in [3.05, 3.63) is 57.3 Å². The molecule has 2 rings (SSSR count). The normalized spacial score (nSPS) is 12.5. The van der Waals surface area contributed by atoms with Gasteiger partial charge >= 0.3 is 0 Å². The van der Waals surface area contributed by atoms with E-state index in [0.717, 1.165) is 18.2 Å². The van der Waals surface area contributed by atoms with Gasteiger partial charge in [-0.15, -0.1) is 0 Å². The fourth-order valence-corrected chi connectivity index (χ4v) is 2.79. The Labute approximate surface area is 155 Å². The Morgan fingerprint density at radius 1 is 1.22 bits per heavy atom. The molecule has 0 fully saturated rings. The van der Waals surface area contributed by atoms with Crippen molar-refractivity contribution in [1.29, 1.82) is 0 Å². The summed E-state index contributed by atoms with van der Waals surface area (Å²) in [5.41, 5.74) is -0.652. The largest absolute Gasteiger partial charge is 0.348 e. The van der Waals surface area contributed by atoms with Crippen molar-refractivity contribution in [2.45, 2.75) is 32.6 Å². The van der Waals surface area contributed by atoms with E-state index in [9.17, 15) is 22.8 Å².